The summed E-state index contributed by atoms with van der Waals surface area (Å²) in [5.41, 5.74) is 2.04. The van der Waals surface area contributed by atoms with Gasteiger partial charge < -0.3 is 40.2 Å². The standard InChI is InChI=1S/C23H21BrClN3O4.C22H19BrClN3O4.C19H21BrClN3O4.C17H17BrClN3O4/c24-17-11-19-16(10-18(17)25)23(31)28(13-27-19)12-15(29)9-20-21(6-7-26-20)32-22(30)8-14-4-2-1-3-5-14;23-16-10-18-15(9-17(16)24)21(29)27(12-26-18)11-14(28)8-19-20(6-7-25-19)31-22(30)13-4-2-1-3-5-13;1-10(2)19(27)28-17-3-4-22-16(17)5-11(25)8-24-9-23-15-7-13(20)14(21)6-12(15)18(24)26;1-9(23)26-16-2-3-20-15(16)4-10(24)7-22-8-21-14-6-12(18)13(19)5-11(14)17(22)25/h1-5,10-11,13,20-21,26H,6-9,12H2;1-5,9-10,12,19-20,25H,6-8,11H2;6-7,9-10,16-17,22H,3-5,8H2,1-2H3;5-6,8,15-16,20H,2-4,7H2,1H3/t20-,21+;19-,20+;16-,17+;15-,16+/m0000/s1. The Morgan fingerprint density at radius 2 is 0.709 bits per heavy atom. The first-order valence-electron chi connectivity index (χ1n) is 37.2. The number of halogens is 8. The average Bonchev–Trinajstić information content (AvgIpc) is 1.35. The molecule has 0 bridgehead atoms. The van der Waals surface area contributed by atoms with Gasteiger partial charge in [0.05, 0.1) is 157 Å². The third-order valence-corrected chi connectivity index (χ3v) is 24.4. The largest absolute Gasteiger partial charge is 0.461 e. The van der Waals surface area contributed by atoms with Gasteiger partial charge in [0.2, 0.25) is 0 Å². The van der Waals surface area contributed by atoms with Gasteiger partial charge in [-0.1, -0.05) is 109 Å². The number of Topliss-reactive ketones (excluding diaryl/α,β-unsaturated/α-hetero) is 4. The van der Waals surface area contributed by atoms with Gasteiger partial charge in [-0.25, -0.2) is 24.7 Å². The maximum absolute atomic E-state index is 12.8. The number of ether oxygens (including phenoxy) is 4. The molecule has 4 N–H and O–H groups in total. The van der Waals surface area contributed by atoms with Crippen molar-refractivity contribution in [1.29, 1.82) is 0 Å². The summed E-state index contributed by atoms with van der Waals surface area (Å²) in [6.07, 6.45) is 7.43. The average molecular weight is 1940 g/mol. The van der Waals surface area contributed by atoms with Gasteiger partial charge in [-0.3, -0.25) is 71.0 Å². The summed E-state index contributed by atoms with van der Waals surface area (Å²) in [6, 6.07) is 29.9. The summed E-state index contributed by atoms with van der Waals surface area (Å²) in [6.45, 7) is 7.13. The quantitative estimate of drug-likeness (QED) is 0.0322. The van der Waals surface area contributed by atoms with Crippen LogP contribution in [-0.4, -0.2) is 160 Å². The van der Waals surface area contributed by atoms with Crippen molar-refractivity contribution in [3.63, 3.8) is 0 Å². The zero-order valence-corrected chi connectivity index (χ0v) is 72.4. The Morgan fingerprint density at radius 3 is 1.02 bits per heavy atom. The molecule has 10 aromatic rings. The molecule has 0 spiro atoms. The Balaban J connectivity index is 0.000000154. The van der Waals surface area contributed by atoms with Gasteiger partial charge in [0, 0.05) is 50.5 Å². The minimum atomic E-state index is -0.412. The van der Waals surface area contributed by atoms with E-state index in [-0.39, 0.29) is 170 Å². The van der Waals surface area contributed by atoms with Crippen molar-refractivity contribution >= 4 is 201 Å². The topological polar surface area (TPSA) is 361 Å². The zero-order chi connectivity index (χ0) is 83.9. The van der Waals surface area contributed by atoms with Crippen LogP contribution in [0.3, 0.4) is 0 Å². The van der Waals surface area contributed by atoms with Gasteiger partial charge in [0.15, 0.2) is 23.1 Å². The van der Waals surface area contributed by atoms with E-state index in [4.69, 9.17) is 65.4 Å². The molecule has 8 atom stereocenters. The monoisotopic (exact) mass is 1930 g/mol. The molecule has 4 aliphatic rings. The molecule has 117 heavy (non-hydrogen) atoms. The van der Waals surface area contributed by atoms with Gasteiger partial charge in [-0.15, -0.1) is 0 Å². The van der Waals surface area contributed by atoms with Crippen molar-refractivity contribution in [2.24, 2.45) is 5.92 Å². The fourth-order valence-electron chi connectivity index (χ4n) is 13.7. The minimum absolute atomic E-state index is 0.0968. The third kappa shape index (κ3) is 23.9. The van der Waals surface area contributed by atoms with Crippen molar-refractivity contribution in [1.82, 2.24) is 59.5 Å². The van der Waals surface area contributed by atoms with E-state index in [1.807, 2.05) is 36.4 Å². The van der Waals surface area contributed by atoms with E-state index in [9.17, 15) is 57.5 Å². The molecule has 614 valence electrons. The lowest BCUT2D eigenvalue weighted by Gasteiger charge is -2.20. The maximum Gasteiger partial charge on any atom is 0.338 e. The summed E-state index contributed by atoms with van der Waals surface area (Å²) in [5, 5.41) is 15.8. The van der Waals surface area contributed by atoms with Gasteiger partial charge in [-0.05, 0) is 182 Å². The van der Waals surface area contributed by atoms with E-state index in [1.54, 1.807) is 62.4 Å². The van der Waals surface area contributed by atoms with E-state index >= 15 is 0 Å². The third-order valence-electron chi connectivity index (χ3n) is 19.6. The van der Waals surface area contributed by atoms with E-state index in [0.717, 1.165) is 5.56 Å². The summed E-state index contributed by atoms with van der Waals surface area (Å²) in [7, 11) is 0. The fraction of sp³-hybridized carbons (Fsp3) is 0.358. The molecule has 0 radical (unpaired) electrons. The number of hydrogen-bond donors (Lipinski definition) is 4. The smallest absolute Gasteiger partial charge is 0.338 e. The van der Waals surface area contributed by atoms with Crippen molar-refractivity contribution in [2.75, 3.05) is 26.2 Å². The molecular formula is C81H78Br4Cl4N12O16. The maximum atomic E-state index is 12.8. The van der Waals surface area contributed by atoms with E-state index in [2.05, 4.69) is 105 Å². The number of esters is 4. The van der Waals surface area contributed by atoms with Crippen LogP contribution in [0.5, 0.6) is 0 Å². The Morgan fingerprint density at radius 1 is 0.419 bits per heavy atom. The summed E-state index contributed by atoms with van der Waals surface area (Å²) < 4.78 is 29.6. The van der Waals surface area contributed by atoms with Gasteiger partial charge >= 0.3 is 23.9 Å². The van der Waals surface area contributed by atoms with Crippen molar-refractivity contribution in [3.8, 4) is 0 Å². The number of fused-ring (bicyclic) bond motifs is 4. The van der Waals surface area contributed by atoms with Gasteiger partial charge in [0.25, 0.3) is 22.2 Å². The van der Waals surface area contributed by atoms with E-state index in [1.165, 1.54) is 74.8 Å². The number of nitrogens with zero attached hydrogens (tertiary/aromatic N) is 8. The molecule has 0 saturated carbocycles. The first-order valence-corrected chi connectivity index (χ1v) is 41.9. The minimum Gasteiger partial charge on any atom is -0.461 e. The molecule has 4 aromatic heterocycles. The molecule has 8 heterocycles. The molecular weight excluding hydrogens is 1860 g/mol. The second-order valence-corrected chi connectivity index (χ2v) is 33.5. The molecule has 0 amide bonds. The second-order valence-electron chi connectivity index (χ2n) is 28.5. The number of benzene rings is 6. The molecule has 6 aromatic carbocycles. The number of nitrogens with one attached hydrogen (secondary N) is 4. The second kappa shape index (κ2) is 41.4. The van der Waals surface area contributed by atoms with Crippen LogP contribution >= 0.6 is 110 Å². The van der Waals surface area contributed by atoms with E-state index in [0.29, 0.717) is 139 Å². The fourth-order valence-corrected chi connectivity index (χ4v) is 15.6. The molecule has 14 rings (SSSR count). The number of carbonyl (C=O) groups is 8. The highest BCUT2D eigenvalue weighted by atomic mass is 79.9. The highest BCUT2D eigenvalue weighted by Gasteiger charge is 2.36. The van der Waals surface area contributed by atoms with Crippen LogP contribution in [0.25, 0.3) is 43.6 Å². The van der Waals surface area contributed by atoms with Crippen molar-refractivity contribution in [2.45, 2.75) is 153 Å². The van der Waals surface area contributed by atoms with Crippen LogP contribution < -0.4 is 43.5 Å². The molecule has 0 aliphatic carbocycles. The highest BCUT2D eigenvalue weighted by molar-refractivity contribution is 9.11. The predicted octanol–water partition coefficient (Wildman–Crippen LogP) is 11.4. The normalized spacial score (nSPS) is 18.8. The lowest BCUT2D eigenvalue weighted by atomic mass is 10.1. The first kappa shape index (κ1) is 89.2. The molecule has 28 nitrogen and oxygen atoms in total. The summed E-state index contributed by atoms with van der Waals surface area (Å²) in [4.78, 5) is 166. The van der Waals surface area contributed by atoms with Crippen LogP contribution in [-0.2, 0) is 85.1 Å². The SMILES string of the molecule is CC(=O)O[C@@H]1CCN[C@H]1CC(=O)Cn1cnc2cc(Br)c(Cl)cc2c1=O.CC(C)C(=O)O[C@@H]1CCN[C@H]1CC(=O)Cn1cnc2cc(Br)c(Cl)cc2c1=O.O=C(C[C@@H]1NCC[C@H]1OC(=O)Cc1ccccc1)Cn1cnc2cc(Br)c(Cl)cc2c1=O.O=C(C[C@@H]1NCC[C@H]1OC(=O)c1ccccc1)Cn1cnc2cc(Br)c(Cl)cc2c1=O. The molecule has 0 unspecified atom stereocenters. The molecule has 36 heteroatoms. The molecule has 4 saturated heterocycles. The van der Waals surface area contributed by atoms with Crippen LogP contribution in [0, 0.1) is 5.92 Å². The van der Waals surface area contributed by atoms with Crippen LogP contribution in [0.2, 0.25) is 20.1 Å². The lowest BCUT2D eigenvalue weighted by molar-refractivity contribution is -0.154. The van der Waals surface area contributed by atoms with Crippen LogP contribution in [0.15, 0.2) is 172 Å². The molecule has 4 aliphatic heterocycles. The molecule has 4 fully saturated rings. The van der Waals surface area contributed by atoms with Crippen LogP contribution in [0.1, 0.15) is 88.1 Å². The lowest BCUT2D eigenvalue weighted by Crippen LogP contribution is -2.37. The number of hydrogen-bond acceptors (Lipinski definition) is 24. The van der Waals surface area contributed by atoms with Crippen LogP contribution in [0.4, 0.5) is 0 Å². The Kier molecular flexibility index (Phi) is 31.5. The number of ketones is 4. The van der Waals surface area contributed by atoms with E-state index < -0.39 is 12.1 Å². The number of rotatable bonds is 24. The Bertz CT molecular complexity index is 5690. The number of aromatic nitrogens is 8. The number of carbonyl (C=O) groups excluding carboxylic acids is 8. The van der Waals surface area contributed by atoms with Gasteiger partial charge in [-0.2, -0.15) is 0 Å². The van der Waals surface area contributed by atoms with Crippen molar-refractivity contribution < 1.29 is 57.3 Å². The van der Waals surface area contributed by atoms with Gasteiger partial charge in [0.1, 0.15) is 24.4 Å². The summed E-state index contributed by atoms with van der Waals surface area (Å²) >= 11 is 37.5. The zero-order valence-electron chi connectivity index (χ0n) is 63.1. The Labute approximate surface area is 722 Å². The highest BCUT2D eigenvalue weighted by Crippen LogP contribution is 2.31. The first-order chi connectivity index (χ1) is 55.9. The predicted molar refractivity (Wildman–Crippen MR) is 455 cm³/mol. The summed E-state index contributed by atoms with van der Waals surface area (Å²) in [5.74, 6) is -2.19. The van der Waals surface area contributed by atoms with Crippen molar-refractivity contribution in [3.05, 3.63) is 225 Å². The Hall–Kier alpha value is -8.64.